The van der Waals surface area contributed by atoms with Crippen LogP contribution in [0.2, 0.25) is 0 Å². The summed E-state index contributed by atoms with van der Waals surface area (Å²) in [5.74, 6) is -0.339. The highest BCUT2D eigenvalue weighted by Gasteiger charge is 2.37. The molecular weight excluding hydrogens is 180 g/mol. The molecule has 0 aromatic rings. The minimum absolute atomic E-state index is 0.339. The van der Waals surface area contributed by atoms with Crippen LogP contribution >= 0.6 is 0 Å². The molecule has 0 heterocycles. The van der Waals surface area contributed by atoms with Crippen LogP contribution in [0.1, 0.15) is 33.6 Å². The molecule has 1 aliphatic carbocycles. The predicted molar refractivity (Wildman–Crippen MR) is 52.7 cm³/mol. The molecule has 3 heteroatoms. The number of aldehydes is 1. The van der Waals surface area contributed by atoms with E-state index in [4.69, 9.17) is 4.74 Å². The van der Waals surface area contributed by atoms with Crippen molar-refractivity contribution in [1.82, 2.24) is 0 Å². The first-order chi connectivity index (χ1) is 6.48. The van der Waals surface area contributed by atoms with Crippen molar-refractivity contribution in [1.29, 1.82) is 0 Å². The molecule has 1 aliphatic rings. The first-order valence-corrected chi connectivity index (χ1v) is 4.79. The molecule has 0 amide bonds. The summed E-state index contributed by atoms with van der Waals surface area (Å²) in [4.78, 5) is 21.8. The van der Waals surface area contributed by atoms with Gasteiger partial charge in [0.15, 0.2) is 0 Å². The van der Waals surface area contributed by atoms with Crippen LogP contribution in [0.25, 0.3) is 0 Å². The van der Waals surface area contributed by atoms with Crippen molar-refractivity contribution in [3.63, 3.8) is 0 Å². The Morgan fingerprint density at radius 1 is 1.71 bits per heavy atom. The van der Waals surface area contributed by atoms with Gasteiger partial charge in [-0.3, -0.25) is 4.79 Å². The molecule has 0 spiro atoms. The molecular formula is C11H16O3. The third-order valence-corrected chi connectivity index (χ3v) is 2.71. The van der Waals surface area contributed by atoms with Gasteiger partial charge < -0.3 is 9.53 Å². The summed E-state index contributed by atoms with van der Waals surface area (Å²) < 4.78 is 5.12. The van der Waals surface area contributed by atoms with Crippen molar-refractivity contribution in [3.05, 3.63) is 11.6 Å². The van der Waals surface area contributed by atoms with Crippen molar-refractivity contribution >= 4 is 12.3 Å². The lowest BCUT2D eigenvalue weighted by molar-refractivity contribution is -0.151. The smallest absolute Gasteiger partial charge is 0.303 e. The van der Waals surface area contributed by atoms with Gasteiger partial charge in [-0.15, -0.1) is 0 Å². The maximum absolute atomic E-state index is 11.0. The summed E-state index contributed by atoms with van der Waals surface area (Å²) in [7, 11) is 0. The van der Waals surface area contributed by atoms with E-state index in [0.29, 0.717) is 0 Å². The molecule has 0 saturated carbocycles. The Morgan fingerprint density at radius 2 is 2.36 bits per heavy atom. The molecule has 0 aliphatic heterocycles. The highest BCUT2D eigenvalue weighted by atomic mass is 16.5. The Kier molecular flexibility index (Phi) is 3.09. The molecule has 3 nitrogen and oxygen atoms in total. The standard InChI is InChI=1S/C11H16O3/c1-8-4-5-11(3,7-12)10(6-8)14-9(2)13/h6-7,10H,4-5H2,1-3H3. The van der Waals surface area contributed by atoms with Crippen LogP contribution < -0.4 is 0 Å². The zero-order valence-corrected chi connectivity index (χ0v) is 8.87. The van der Waals surface area contributed by atoms with E-state index < -0.39 is 11.5 Å². The monoisotopic (exact) mass is 196 g/mol. The van der Waals surface area contributed by atoms with E-state index in [1.54, 1.807) is 0 Å². The lowest BCUT2D eigenvalue weighted by atomic mass is 9.76. The molecule has 1 rings (SSSR count). The maximum atomic E-state index is 11.0. The van der Waals surface area contributed by atoms with Crippen LogP contribution in [0.15, 0.2) is 11.6 Å². The third kappa shape index (κ3) is 2.22. The fraction of sp³-hybridized carbons (Fsp3) is 0.636. The average molecular weight is 196 g/mol. The molecule has 0 N–H and O–H groups in total. The van der Waals surface area contributed by atoms with Crippen LogP contribution in [0.3, 0.4) is 0 Å². The van der Waals surface area contributed by atoms with Gasteiger partial charge in [0.05, 0.1) is 5.41 Å². The van der Waals surface area contributed by atoms with E-state index >= 15 is 0 Å². The lowest BCUT2D eigenvalue weighted by Crippen LogP contribution is -2.38. The summed E-state index contributed by atoms with van der Waals surface area (Å²) in [5.41, 5.74) is 0.626. The Hall–Kier alpha value is -1.12. The molecule has 2 unspecified atom stereocenters. The molecule has 0 aromatic carbocycles. The Bertz CT molecular complexity index is 280. The van der Waals surface area contributed by atoms with Gasteiger partial charge in [0, 0.05) is 6.92 Å². The Morgan fingerprint density at radius 3 is 2.86 bits per heavy atom. The quantitative estimate of drug-likeness (QED) is 0.384. The summed E-state index contributed by atoms with van der Waals surface area (Å²) in [6.45, 7) is 5.18. The first-order valence-electron chi connectivity index (χ1n) is 4.79. The highest BCUT2D eigenvalue weighted by Crippen LogP contribution is 2.35. The summed E-state index contributed by atoms with van der Waals surface area (Å²) in [6, 6.07) is 0. The number of hydrogen-bond donors (Lipinski definition) is 0. The average Bonchev–Trinajstić information content (AvgIpc) is 2.11. The van der Waals surface area contributed by atoms with Crippen molar-refractivity contribution in [2.45, 2.75) is 39.7 Å². The molecule has 0 radical (unpaired) electrons. The van der Waals surface area contributed by atoms with E-state index in [9.17, 15) is 9.59 Å². The van der Waals surface area contributed by atoms with Gasteiger partial charge in [-0.1, -0.05) is 5.57 Å². The number of ether oxygens (including phenoxy) is 1. The predicted octanol–water partition coefficient (Wildman–Crippen LogP) is 1.86. The molecule has 0 bridgehead atoms. The summed E-state index contributed by atoms with van der Waals surface area (Å²) in [6.07, 6.45) is 4.01. The number of esters is 1. The van der Waals surface area contributed by atoms with E-state index in [1.807, 2.05) is 19.9 Å². The molecule has 0 fully saturated rings. The van der Waals surface area contributed by atoms with Gasteiger partial charge in [-0.05, 0) is 32.8 Å². The van der Waals surface area contributed by atoms with Gasteiger partial charge >= 0.3 is 5.97 Å². The van der Waals surface area contributed by atoms with Crippen molar-refractivity contribution in [3.8, 4) is 0 Å². The first kappa shape index (κ1) is 11.0. The van der Waals surface area contributed by atoms with Gasteiger partial charge in [-0.2, -0.15) is 0 Å². The normalized spacial score (nSPS) is 31.9. The Labute approximate surface area is 84.1 Å². The number of hydrogen-bond acceptors (Lipinski definition) is 3. The molecule has 2 atom stereocenters. The molecule has 14 heavy (non-hydrogen) atoms. The molecule has 78 valence electrons. The minimum atomic E-state index is -0.550. The van der Waals surface area contributed by atoms with E-state index in [0.717, 1.165) is 19.1 Å². The van der Waals surface area contributed by atoms with Crippen LogP contribution in [0.5, 0.6) is 0 Å². The summed E-state index contributed by atoms with van der Waals surface area (Å²) in [5, 5.41) is 0. The van der Waals surface area contributed by atoms with Crippen LogP contribution in [-0.4, -0.2) is 18.4 Å². The number of carbonyl (C=O) groups is 2. The number of rotatable bonds is 2. The number of carbonyl (C=O) groups excluding carboxylic acids is 2. The largest absolute Gasteiger partial charge is 0.457 e. The number of allylic oxidation sites excluding steroid dienone is 1. The van der Waals surface area contributed by atoms with Crippen LogP contribution in [-0.2, 0) is 14.3 Å². The Balaban J connectivity index is 2.88. The van der Waals surface area contributed by atoms with Crippen LogP contribution in [0, 0.1) is 5.41 Å². The second-order valence-electron chi connectivity index (χ2n) is 4.17. The second kappa shape index (κ2) is 3.95. The van der Waals surface area contributed by atoms with Gasteiger partial charge in [0.25, 0.3) is 0 Å². The van der Waals surface area contributed by atoms with E-state index in [-0.39, 0.29) is 5.97 Å². The van der Waals surface area contributed by atoms with Gasteiger partial charge in [0.1, 0.15) is 12.4 Å². The van der Waals surface area contributed by atoms with Gasteiger partial charge in [-0.25, -0.2) is 0 Å². The maximum Gasteiger partial charge on any atom is 0.303 e. The van der Waals surface area contributed by atoms with E-state index in [2.05, 4.69) is 0 Å². The van der Waals surface area contributed by atoms with Crippen molar-refractivity contribution < 1.29 is 14.3 Å². The zero-order valence-electron chi connectivity index (χ0n) is 8.87. The fourth-order valence-corrected chi connectivity index (χ4v) is 1.61. The highest BCUT2D eigenvalue weighted by molar-refractivity contribution is 5.68. The fourth-order valence-electron chi connectivity index (χ4n) is 1.61. The zero-order chi connectivity index (χ0) is 10.8. The van der Waals surface area contributed by atoms with Crippen molar-refractivity contribution in [2.24, 2.45) is 5.41 Å². The lowest BCUT2D eigenvalue weighted by Gasteiger charge is -2.34. The topological polar surface area (TPSA) is 43.4 Å². The van der Waals surface area contributed by atoms with Gasteiger partial charge in [0.2, 0.25) is 0 Å². The second-order valence-corrected chi connectivity index (χ2v) is 4.17. The molecule has 0 aromatic heterocycles. The van der Waals surface area contributed by atoms with Crippen molar-refractivity contribution in [2.75, 3.05) is 0 Å². The van der Waals surface area contributed by atoms with Crippen LogP contribution in [0.4, 0.5) is 0 Å². The molecule has 0 saturated heterocycles. The SMILES string of the molecule is CC(=O)OC1C=C(C)CCC1(C)C=O. The summed E-state index contributed by atoms with van der Waals surface area (Å²) >= 11 is 0. The third-order valence-electron chi connectivity index (χ3n) is 2.71. The minimum Gasteiger partial charge on any atom is -0.457 e. The van der Waals surface area contributed by atoms with E-state index in [1.165, 1.54) is 12.5 Å².